The van der Waals surface area contributed by atoms with Crippen molar-refractivity contribution in [2.75, 3.05) is 0 Å². The summed E-state index contributed by atoms with van der Waals surface area (Å²) in [4.78, 5) is 0. The quantitative estimate of drug-likeness (QED) is 0.784. The fraction of sp³-hybridized carbons (Fsp3) is 0.250. The molecule has 0 aromatic heterocycles. The maximum Gasteiger partial charge on any atom is 0.167 e. The van der Waals surface area contributed by atoms with Crippen molar-refractivity contribution < 1.29 is 8.42 Å². The minimum atomic E-state index is -3.04. The maximum atomic E-state index is 12.2. The molecule has 2 aromatic rings. The van der Waals surface area contributed by atoms with E-state index < -0.39 is 9.84 Å². The third kappa shape index (κ3) is 2.08. The van der Waals surface area contributed by atoms with Crippen LogP contribution >= 0.6 is 0 Å². The van der Waals surface area contributed by atoms with Gasteiger partial charge in [0.05, 0.1) is 0 Å². The van der Waals surface area contributed by atoms with Crippen LogP contribution in [-0.2, 0) is 9.84 Å². The molecule has 2 aromatic carbocycles. The van der Waals surface area contributed by atoms with Crippen LogP contribution in [0.2, 0.25) is 0 Å². The van der Waals surface area contributed by atoms with E-state index in [0.717, 1.165) is 22.3 Å². The molecule has 3 rings (SSSR count). The van der Waals surface area contributed by atoms with Crippen LogP contribution in [0.5, 0.6) is 0 Å². The lowest BCUT2D eigenvalue weighted by Crippen LogP contribution is -1.86. The molecule has 2 atom stereocenters. The first-order valence-electron chi connectivity index (χ1n) is 6.36. The Balaban J connectivity index is 2.02. The Morgan fingerprint density at radius 1 is 0.789 bits per heavy atom. The molecule has 3 heteroatoms. The van der Waals surface area contributed by atoms with Gasteiger partial charge in [-0.15, -0.1) is 0 Å². The number of hydrogen-bond acceptors (Lipinski definition) is 2. The fourth-order valence-electron chi connectivity index (χ4n) is 2.69. The molecule has 19 heavy (non-hydrogen) atoms. The standard InChI is InChI=1S/C16H16O2S/c1-11-5-3-7-13(9-11)15-16(19(15,17)18)14-8-4-6-12(2)10-14/h3-10,15-16H,1-2H3. The van der Waals surface area contributed by atoms with Gasteiger partial charge in [-0.05, 0) is 25.0 Å². The summed E-state index contributed by atoms with van der Waals surface area (Å²) in [7, 11) is -3.04. The Kier molecular flexibility index (Phi) is 2.75. The van der Waals surface area contributed by atoms with Crippen molar-refractivity contribution in [2.45, 2.75) is 24.3 Å². The van der Waals surface area contributed by atoms with Crippen molar-refractivity contribution in [3.8, 4) is 0 Å². The molecule has 0 N–H and O–H groups in total. The smallest absolute Gasteiger partial charge is 0.167 e. The second-order valence-electron chi connectivity index (χ2n) is 5.26. The predicted molar refractivity (Wildman–Crippen MR) is 76.8 cm³/mol. The number of sulfone groups is 1. The van der Waals surface area contributed by atoms with Gasteiger partial charge in [0.2, 0.25) is 0 Å². The van der Waals surface area contributed by atoms with E-state index in [9.17, 15) is 8.42 Å². The van der Waals surface area contributed by atoms with Crippen LogP contribution in [0.15, 0.2) is 48.5 Å². The summed E-state index contributed by atoms with van der Waals surface area (Å²) in [6.45, 7) is 3.97. The number of aryl methyl sites for hydroxylation is 2. The van der Waals surface area contributed by atoms with E-state index >= 15 is 0 Å². The second-order valence-corrected chi connectivity index (χ2v) is 7.45. The molecule has 2 nitrogen and oxygen atoms in total. The summed E-state index contributed by atoms with van der Waals surface area (Å²) in [5.41, 5.74) is 4.02. The largest absolute Gasteiger partial charge is 0.227 e. The molecule has 2 unspecified atom stereocenters. The zero-order chi connectivity index (χ0) is 13.6. The molecular formula is C16H16O2S. The average Bonchev–Trinajstić information content (AvgIpc) is 2.92. The van der Waals surface area contributed by atoms with Gasteiger partial charge in [0, 0.05) is 0 Å². The molecule has 0 amide bonds. The summed E-state index contributed by atoms with van der Waals surface area (Å²) < 4.78 is 24.5. The molecular weight excluding hydrogens is 256 g/mol. The summed E-state index contributed by atoms with van der Waals surface area (Å²) in [6, 6.07) is 15.6. The predicted octanol–water partition coefficient (Wildman–Crippen LogP) is 3.51. The average molecular weight is 272 g/mol. The van der Waals surface area contributed by atoms with Gasteiger partial charge in [0.1, 0.15) is 10.5 Å². The van der Waals surface area contributed by atoms with Crippen molar-refractivity contribution >= 4 is 9.84 Å². The van der Waals surface area contributed by atoms with E-state index in [1.807, 2.05) is 62.4 Å². The van der Waals surface area contributed by atoms with Crippen molar-refractivity contribution in [2.24, 2.45) is 0 Å². The second kappa shape index (κ2) is 4.20. The zero-order valence-electron chi connectivity index (χ0n) is 11.0. The van der Waals surface area contributed by atoms with Gasteiger partial charge in [-0.2, -0.15) is 0 Å². The van der Waals surface area contributed by atoms with Crippen molar-refractivity contribution in [3.05, 3.63) is 70.8 Å². The highest BCUT2D eigenvalue weighted by molar-refractivity contribution is 7.98. The Labute approximate surface area is 114 Å². The Morgan fingerprint density at radius 2 is 1.21 bits per heavy atom. The topological polar surface area (TPSA) is 34.1 Å². The Hall–Kier alpha value is -1.61. The van der Waals surface area contributed by atoms with E-state index in [1.54, 1.807) is 0 Å². The van der Waals surface area contributed by atoms with Crippen molar-refractivity contribution in [1.29, 1.82) is 0 Å². The monoisotopic (exact) mass is 272 g/mol. The highest BCUT2D eigenvalue weighted by atomic mass is 32.2. The molecule has 0 radical (unpaired) electrons. The lowest BCUT2D eigenvalue weighted by atomic mass is 10.0. The lowest BCUT2D eigenvalue weighted by Gasteiger charge is -2.00. The summed E-state index contributed by atoms with van der Waals surface area (Å²) in [5, 5.41) is -0.733. The first-order chi connectivity index (χ1) is 9.00. The SMILES string of the molecule is Cc1cccc(C2C(c3cccc(C)c3)S2(=O)=O)c1. The van der Waals surface area contributed by atoms with Gasteiger partial charge in [-0.1, -0.05) is 59.7 Å². The van der Waals surface area contributed by atoms with Crippen LogP contribution in [0.25, 0.3) is 0 Å². The van der Waals surface area contributed by atoms with E-state index in [-0.39, 0.29) is 10.5 Å². The third-order valence-electron chi connectivity index (χ3n) is 3.65. The van der Waals surface area contributed by atoms with Crippen LogP contribution in [0.1, 0.15) is 32.8 Å². The molecule has 0 bridgehead atoms. The summed E-state index contributed by atoms with van der Waals surface area (Å²) in [6.07, 6.45) is 0. The van der Waals surface area contributed by atoms with E-state index in [2.05, 4.69) is 0 Å². The van der Waals surface area contributed by atoms with E-state index in [0.29, 0.717) is 0 Å². The van der Waals surface area contributed by atoms with Crippen LogP contribution in [0.3, 0.4) is 0 Å². The molecule has 1 saturated heterocycles. The van der Waals surface area contributed by atoms with E-state index in [1.165, 1.54) is 0 Å². The molecule has 1 aliphatic rings. The van der Waals surface area contributed by atoms with Crippen LogP contribution < -0.4 is 0 Å². The number of rotatable bonds is 2. The summed E-state index contributed by atoms with van der Waals surface area (Å²) in [5.74, 6) is 0. The minimum absolute atomic E-state index is 0.366. The Bertz CT molecular complexity index is 674. The Morgan fingerprint density at radius 3 is 1.58 bits per heavy atom. The first-order valence-corrected chi connectivity index (χ1v) is 7.97. The molecule has 0 saturated carbocycles. The normalized spacial score (nSPS) is 24.1. The molecule has 0 spiro atoms. The van der Waals surface area contributed by atoms with Gasteiger partial charge in [-0.25, -0.2) is 8.42 Å². The molecule has 1 aliphatic heterocycles. The highest BCUT2D eigenvalue weighted by Gasteiger charge is 2.58. The van der Waals surface area contributed by atoms with Gasteiger partial charge in [0.25, 0.3) is 0 Å². The molecule has 98 valence electrons. The molecule has 1 heterocycles. The molecule has 1 fully saturated rings. The zero-order valence-corrected chi connectivity index (χ0v) is 11.8. The first kappa shape index (κ1) is 12.4. The molecule has 0 aliphatic carbocycles. The number of hydrogen-bond donors (Lipinski definition) is 0. The van der Waals surface area contributed by atoms with Gasteiger partial charge < -0.3 is 0 Å². The summed E-state index contributed by atoms with van der Waals surface area (Å²) >= 11 is 0. The maximum absolute atomic E-state index is 12.2. The van der Waals surface area contributed by atoms with Crippen LogP contribution in [-0.4, -0.2) is 8.42 Å². The van der Waals surface area contributed by atoms with Crippen molar-refractivity contribution in [3.63, 3.8) is 0 Å². The number of benzene rings is 2. The van der Waals surface area contributed by atoms with Crippen LogP contribution in [0, 0.1) is 13.8 Å². The minimum Gasteiger partial charge on any atom is -0.227 e. The van der Waals surface area contributed by atoms with Gasteiger partial charge in [0.15, 0.2) is 9.84 Å². The van der Waals surface area contributed by atoms with Gasteiger partial charge >= 0.3 is 0 Å². The van der Waals surface area contributed by atoms with Crippen LogP contribution in [0.4, 0.5) is 0 Å². The van der Waals surface area contributed by atoms with E-state index in [4.69, 9.17) is 0 Å². The van der Waals surface area contributed by atoms with Gasteiger partial charge in [-0.3, -0.25) is 0 Å². The highest BCUT2D eigenvalue weighted by Crippen LogP contribution is 2.58. The third-order valence-corrected chi connectivity index (χ3v) is 5.84. The lowest BCUT2D eigenvalue weighted by molar-refractivity contribution is 0.611. The fourth-order valence-corrected chi connectivity index (χ4v) is 4.87. The van der Waals surface area contributed by atoms with Crippen molar-refractivity contribution in [1.82, 2.24) is 0 Å².